The highest BCUT2D eigenvalue weighted by Gasteiger charge is 2.41. The van der Waals surface area contributed by atoms with Crippen molar-refractivity contribution in [1.29, 1.82) is 0 Å². The van der Waals surface area contributed by atoms with Gasteiger partial charge in [-0.3, -0.25) is 19.8 Å². The number of amides is 3. The van der Waals surface area contributed by atoms with Crippen molar-refractivity contribution in [1.82, 2.24) is 10.2 Å². The van der Waals surface area contributed by atoms with Gasteiger partial charge in [-0.1, -0.05) is 29.8 Å². The van der Waals surface area contributed by atoms with Crippen LogP contribution >= 0.6 is 0 Å². The van der Waals surface area contributed by atoms with Crippen molar-refractivity contribution < 1.29 is 19.1 Å². The molecule has 1 N–H and O–H groups in total. The second kappa shape index (κ2) is 5.20. The summed E-state index contributed by atoms with van der Waals surface area (Å²) < 4.78 is 5.35. The molecule has 1 aromatic rings. The Morgan fingerprint density at radius 2 is 1.90 bits per heavy atom. The zero-order valence-corrected chi connectivity index (χ0v) is 11.7. The minimum absolute atomic E-state index is 0.245. The Morgan fingerprint density at radius 3 is 2.57 bits per heavy atom. The highest BCUT2D eigenvalue weighted by molar-refractivity contribution is 6.01. The molecule has 2 aliphatic rings. The molecule has 2 heterocycles. The van der Waals surface area contributed by atoms with E-state index in [9.17, 15) is 14.4 Å². The molecular weight excluding hydrogens is 272 g/mol. The van der Waals surface area contributed by atoms with Gasteiger partial charge in [-0.05, 0) is 18.9 Å². The Balaban J connectivity index is 1.74. The summed E-state index contributed by atoms with van der Waals surface area (Å²) in [6, 6.07) is 7.13. The number of carbonyl (C=O) groups is 3. The SMILES string of the molecule is Cc1ccc([C@H]2CN(C3CCC(=O)NC3=O)C(=O)O2)cc1. The average Bonchev–Trinajstić information content (AvgIpc) is 2.81. The normalized spacial score (nSPS) is 25.8. The highest BCUT2D eigenvalue weighted by atomic mass is 16.6. The number of carbonyl (C=O) groups excluding carboxylic acids is 3. The number of nitrogens with zero attached hydrogens (tertiary/aromatic N) is 1. The molecule has 2 aliphatic heterocycles. The molecule has 0 saturated carbocycles. The number of piperidine rings is 1. The van der Waals surface area contributed by atoms with Gasteiger partial charge < -0.3 is 4.74 Å². The number of rotatable bonds is 2. The minimum atomic E-state index is -0.620. The average molecular weight is 288 g/mol. The van der Waals surface area contributed by atoms with E-state index in [-0.39, 0.29) is 18.4 Å². The second-order valence-electron chi connectivity index (χ2n) is 5.40. The molecule has 0 spiro atoms. The molecule has 0 bridgehead atoms. The van der Waals surface area contributed by atoms with Crippen molar-refractivity contribution in [2.75, 3.05) is 6.54 Å². The number of nitrogens with one attached hydrogen (secondary N) is 1. The first-order valence-electron chi connectivity index (χ1n) is 6.92. The van der Waals surface area contributed by atoms with Gasteiger partial charge in [0.15, 0.2) is 0 Å². The summed E-state index contributed by atoms with van der Waals surface area (Å²) in [4.78, 5) is 36.4. The summed E-state index contributed by atoms with van der Waals surface area (Å²) in [5.74, 6) is -0.716. The van der Waals surface area contributed by atoms with E-state index in [0.29, 0.717) is 13.0 Å². The highest BCUT2D eigenvalue weighted by Crippen LogP contribution is 2.29. The van der Waals surface area contributed by atoms with E-state index < -0.39 is 18.0 Å². The fraction of sp³-hybridized carbons (Fsp3) is 0.400. The lowest BCUT2D eigenvalue weighted by molar-refractivity contribution is -0.136. The lowest BCUT2D eigenvalue weighted by Crippen LogP contribution is -2.52. The minimum Gasteiger partial charge on any atom is -0.439 e. The van der Waals surface area contributed by atoms with E-state index in [1.807, 2.05) is 31.2 Å². The van der Waals surface area contributed by atoms with Crippen molar-refractivity contribution in [3.8, 4) is 0 Å². The maximum atomic E-state index is 12.0. The lowest BCUT2D eigenvalue weighted by Gasteiger charge is -2.27. The maximum absolute atomic E-state index is 12.0. The van der Waals surface area contributed by atoms with E-state index in [1.165, 1.54) is 4.90 Å². The Labute approximate surface area is 122 Å². The summed E-state index contributed by atoms with van der Waals surface area (Å²) in [6.45, 7) is 2.31. The third-order valence-electron chi connectivity index (χ3n) is 3.88. The lowest BCUT2D eigenvalue weighted by atomic mass is 10.0. The van der Waals surface area contributed by atoms with Gasteiger partial charge in [0.1, 0.15) is 12.1 Å². The van der Waals surface area contributed by atoms with Crippen molar-refractivity contribution in [3.63, 3.8) is 0 Å². The molecule has 21 heavy (non-hydrogen) atoms. The molecule has 1 unspecified atom stereocenters. The van der Waals surface area contributed by atoms with E-state index in [0.717, 1.165) is 11.1 Å². The maximum Gasteiger partial charge on any atom is 0.411 e. The smallest absolute Gasteiger partial charge is 0.411 e. The van der Waals surface area contributed by atoms with Crippen LogP contribution in [0.2, 0.25) is 0 Å². The van der Waals surface area contributed by atoms with E-state index in [2.05, 4.69) is 5.32 Å². The molecule has 1 aromatic carbocycles. The van der Waals surface area contributed by atoms with Crippen molar-refractivity contribution in [2.45, 2.75) is 31.9 Å². The van der Waals surface area contributed by atoms with Crippen LogP contribution in [0.3, 0.4) is 0 Å². The van der Waals surface area contributed by atoms with Gasteiger partial charge in [0.2, 0.25) is 11.8 Å². The molecule has 2 fully saturated rings. The van der Waals surface area contributed by atoms with Gasteiger partial charge in [-0.2, -0.15) is 0 Å². The second-order valence-corrected chi connectivity index (χ2v) is 5.40. The summed E-state index contributed by atoms with van der Waals surface area (Å²) in [7, 11) is 0. The Morgan fingerprint density at radius 1 is 1.19 bits per heavy atom. The largest absolute Gasteiger partial charge is 0.439 e. The summed E-state index contributed by atoms with van der Waals surface area (Å²) >= 11 is 0. The van der Waals surface area contributed by atoms with Crippen LogP contribution in [0.1, 0.15) is 30.1 Å². The van der Waals surface area contributed by atoms with Gasteiger partial charge >= 0.3 is 6.09 Å². The number of ether oxygens (including phenoxy) is 1. The van der Waals surface area contributed by atoms with Crippen LogP contribution in [0.4, 0.5) is 4.79 Å². The molecule has 3 amide bonds. The summed E-state index contributed by atoms with van der Waals surface area (Å²) in [5.41, 5.74) is 2.04. The number of benzene rings is 1. The topological polar surface area (TPSA) is 75.7 Å². The van der Waals surface area contributed by atoms with Crippen molar-refractivity contribution in [3.05, 3.63) is 35.4 Å². The number of hydrogen-bond acceptors (Lipinski definition) is 4. The molecule has 6 nitrogen and oxygen atoms in total. The Kier molecular flexibility index (Phi) is 3.37. The van der Waals surface area contributed by atoms with Crippen LogP contribution in [-0.4, -0.2) is 35.4 Å². The van der Waals surface area contributed by atoms with Crippen LogP contribution < -0.4 is 5.32 Å². The first-order chi connectivity index (χ1) is 10.0. The fourth-order valence-electron chi connectivity index (χ4n) is 2.67. The molecule has 2 atom stereocenters. The molecule has 0 aliphatic carbocycles. The zero-order chi connectivity index (χ0) is 15.0. The fourth-order valence-corrected chi connectivity index (χ4v) is 2.67. The molecule has 0 radical (unpaired) electrons. The molecule has 3 rings (SSSR count). The third kappa shape index (κ3) is 2.61. The van der Waals surface area contributed by atoms with E-state index in [4.69, 9.17) is 4.74 Å². The number of hydrogen-bond donors (Lipinski definition) is 1. The summed E-state index contributed by atoms with van der Waals surface area (Å²) in [6.07, 6.45) is -0.283. The first-order valence-corrected chi connectivity index (χ1v) is 6.92. The van der Waals surface area contributed by atoms with Gasteiger partial charge in [0.05, 0.1) is 6.54 Å². The first kappa shape index (κ1) is 13.6. The van der Waals surface area contributed by atoms with Crippen molar-refractivity contribution in [2.24, 2.45) is 0 Å². The molecule has 6 heteroatoms. The predicted molar refractivity (Wildman–Crippen MR) is 73.3 cm³/mol. The van der Waals surface area contributed by atoms with Crippen LogP contribution in [-0.2, 0) is 14.3 Å². The number of cyclic esters (lactones) is 1. The monoisotopic (exact) mass is 288 g/mol. The Hall–Kier alpha value is -2.37. The van der Waals surface area contributed by atoms with Gasteiger partial charge in [-0.15, -0.1) is 0 Å². The van der Waals surface area contributed by atoms with Crippen LogP contribution in [0.5, 0.6) is 0 Å². The third-order valence-corrected chi connectivity index (χ3v) is 3.88. The standard InChI is InChI=1S/C15H16N2O4/c1-9-2-4-10(5-3-9)12-8-17(15(20)21-12)11-6-7-13(18)16-14(11)19/h2-5,11-12H,6-8H2,1H3,(H,16,18,19)/t11?,12-/m1/s1. The molecule has 110 valence electrons. The van der Waals surface area contributed by atoms with E-state index in [1.54, 1.807) is 0 Å². The number of imide groups is 1. The quantitative estimate of drug-likeness (QED) is 0.832. The molecular formula is C15H16N2O4. The number of aryl methyl sites for hydroxylation is 1. The zero-order valence-electron chi connectivity index (χ0n) is 11.7. The van der Waals surface area contributed by atoms with Gasteiger partial charge in [-0.25, -0.2) is 4.79 Å². The van der Waals surface area contributed by atoms with E-state index >= 15 is 0 Å². The van der Waals surface area contributed by atoms with Crippen molar-refractivity contribution >= 4 is 17.9 Å². The molecule has 0 aromatic heterocycles. The van der Waals surface area contributed by atoms with Crippen LogP contribution in [0.25, 0.3) is 0 Å². The predicted octanol–water partition coefficient (Wildman–Crippen LogP) is 1.29. The van der Waals surface area contributed by atoms with Crippen LogP contribution in [0, 0.1) is 6.92 Å². The van der Waals surface area contributed by atoms with Crippen LogP contribution in [0.15, 0.2) is 24.3 Å². The van der Waals surface area contributed by atoms with Gasteiger partial charge in [0.25, 0.3) is 0 Å². The van der Waals surface area contributed by atoms with Gasteiger partial charge in [0, 0.05) is 6.42 Å². The summed E-state index contributed by atoms with van der Waals surface area (Å²) in [5, 5.41) is 2.26. The Bertz CT molecular complexity index is 596. The molecule has 2 saturated heterocycles.